The molecule has 0 fully saturated rings. The van der Waals surface area contributed by atoms with Gasteiger partial charge in [-0.25, -0.2) is 0 Å². The first-order valence-corrected chi connectivity index (χ1v) is 7.55. The molecule has 0 N–H and O–H groups in total. The van der Waals surface area contributed by atoms with Crippen LogP contribution in [0.15, 0.2) is 0 Å². The number of hydrogen-bond donors (Lipinski definition) is 0. The molecule has 0 amide bonds. The predicted octanol–water partition coefficient (Wildman–Crippen LogP) is 2.56. The summed E-state index contributed by atoms with van der Waals surface area (Å²) in [5.41, 5.74) is 0. The van der Waals surface area contributed by atoms with E-state index in [1.165, 1.54) is 0 Å². The molecule has 0 saturated carbocycles. The molecule has 0 saturated heterocycles. The molecule has 88 valence electrons. The molecule has 0 heterocycles. The fourth-order valence-corrected chi connectivity index (χ4v) is 1.93. The molecule has 0 spiro atoms. The van der Waals surface area contributed by atoms with Crippen molar-refractivity contribution in [1.29, 1.82) is 0 Å². The minimum atomic E-state index is -1.44. The van der Waals surface area contributed by atoms with Gasteiger partial charge in [0.15, 0.2) is 0 Å². The molecule has 0 bridgehead atoms. The number of unbranched alkanes of at least 4 members (excludes halogenated alkanes) is 2. The summed E-state index contributed by atoms with van der Waals surface area (Å²) in [6.45, 7) is 4.87. The van der Waals surface area contributed by atoms with Gasteiger partial charge in [0, 0.05) is 0 Å². The first-order valence-electron chi connectivity index (χ1n) is 5.22. The molecule has 5 heteroatoms. The third-order valence-electron chi connectivity index (χ3n) is 1.60. The van der Waals surface area contributed by atoms with Gasteiger partial charge in [-0.2, -0.15) is 0 Å². The Hall–Kier alpha value is -0.270. The molecule has 4 nitrogen and oxygen atoms in total. The van der Waals surface area contributed by atoms with Crippen molar-refractivity contribution in [2.45, 2.75) is 39.5 Å². The van der Waals surface area contributed by atoms with Gasteiger partial charge in [-0.15, -0.1) is 0 Å². The number of ether oxygens (including phenoxy) is 2. The molecule has 0 aromatic heterocycles. The van der Waals surface area contributed by atoms with Crippen LogP contribution in [0.3, 0.4) is 0 Å². The molecule has 0 radical (unpaired) electrons. The zero-order valence-corrected chi connectivity index (χ0v) is 11.6. The van der Waals surface area contributed by atoms with Crippen LogP contribution in [0, 0.1) is 0 Å². The molecule has 0 aliphatic heterocycles. The summed E-state index contributed by atoms with van der Waals surface area (Å²) < 4.78 is 9.02. The third-order valence-corrected chi connectivity index (χ3v) is 3.23. The topological polar surface area (TPSA) is 52.6 Å². The second kappa shape index (κ2) is 10.3. The predicted molar refractivity (Wildman–Crippen MR) is 58.3 cm³/mol. The van der Waals surface area contributed by atoms with Crippen molar-refractivity contribution in [3.8, 4) is 0 Å². The van der Waals surface area contributed by atoms with E-state index in [1.54, 1.807) is 0 Å². The Morgan fingerprint density at radius 1 is 0.933 bits per heavy atom. The molecule has 0 aromatic rings. The van der Waals surface area contributed by atoms with E-state index in [2.05, 4.69) is 0 Å². The maximum atomic E-state index is 11.1. The molecule has 0 rings (SSSR count). The van der Waals surface area contributed by atoms with Gasteiger partial charge in [0.1, 0.15) is 0 Å². The number of carbonyl (C=O) groups excluding carboxylic acids is 2. The SMILES string of the molecule is CCCCOC(=O)[Te]C(=O)OCCCC. The van der Waals surface area contributed by atoms with Crippen LogP contribution in [0.5, 0.6) is 0 Å². The normalized spacial score (nSPS) is 9.73. The number of hydrogen-bond acceptors (Lipinski definition) is 4. The summed E-state index contributed by atoms with van der Waals surface area (Å²) in [5.74, 6) is 0. The van der Waals surface area contributed by atoms with E-state index in [0.717, 1.165) is 25.7 Å². The Kier molecular flexibility index (Phi) is 10.1. The van der Waals surface area contributed by atoms with Gasteiger partial charge in [-0.05, 0) is 0 Å². The summed E-state index contributed by atoms with van der Waals surface area (Å²) in [6.07, 6.45) is 3.66. The van der Waals surface area contributed by atoms with E-state index in [4.69, 9.17) is 9.47 Å². The Labute approximate surface area is 101 Å². The van der Waals surface area contributed by atoms with Gasteiger partial charge in [-0.3, -0.25) is 0 Å². The van der Waals surface area contributed by atoms with Gasteiger partial charge in [0.2, 0.25) is 0 Å². The first-order chi connectivity index (χ1) is 7.20. The van der Waals surface area contributed by atoms with Crippen LogP contribution in [-0.2, 0) is 9.47 Å². The summed E-state index contributed by atoms with van der Waals surface area (Å²) in [4.78, 5) is 22.2. The summed E-state index contributed by atoms with van der Waals surface area (Å²) in [6, 6.07) is 0. The van der Waals surface area contributed by atoms with E-state index in [0.29, 0.717) is 13.2 Å². The van der Waals surface area contributed by atoms with Crippen LogP contribution in [-0.4, -0.2) is 42.2 Å². The van der Waals surface area contributed by atoms with Gasteiger partial charge in [-0.1, -0.05) is 0 Å². The molecular formula is C10H18O4Te. The monoisotopic (exact) mass is 332 g/mol. The standard InChI is InChI=1S/C10H18O4Te/c1-3-5-7-13-9(11)15-10(12)14-8-6-4-2/h3-8H2,1-2H3. The van der Waals surface area contributed by atoms with Crippen LogP contribution < -0.4 is 0 Å². The zero-order chi connectivity index (χ0) is 11.5. The van der Waals surface area contributed by atoms with Crippen molar-refractivity contribution in [2.75, 3.05) is 13.2 Å². The molecule has 15 heavy (non-hydrogen) atoms. The van der Waals surface area contributed by atoms with Crippen LogP contribution in [0.2, 0.25) is 0 Å². The van der Waals surface area contributed by atoms with Crippen LogP contribution in [0.25, 0.3) is 0 Å². The van der Waals surface area contributed by atoms with Gasteiger partial charge < -0.3 is 0 Å². The molecule has 0 aliphatic rings. The molecular weight excluding hydrogens is 312 g/mol. The summed E-state index contributed by atoms with van der Waals surface area (Å²) in [7, 11) is 0. The average Bonchev–Trinajstić information content (AvgIpc) is 2.18. The Bertz CT molecular complexity index is 174. The van der Waals surface area contributed by atoms with Crippen LogP contribution >= 0.6 is 0 Å². The fourth-order valence-electron chi connectivity index (χ4n) is 0.727. The van der Waals surface area contributed by atoms with Crippen LogP contribution in [0.4, 0.5) is 9.59 Å². The number of carbonyl (C=O) groups is 2. The van der Waals surface area contributed by atoms with Gasteiger partial charge in [0.25, 0.3) is 0 Å². The van der Waals surface area contributed by atoms with Gasteiger partial charge >= 0.3 is 101 Å². The molecule has 0 unspecified atom stereocenters. The Morgan fingerprint density at radius 2 is 1.33 bits per heavy atom. The third kappa shape index (κ3) is 10.0. The van der Waals surface area contributed by atoms with E-state index in [1.807, 2.05) is 13.8 Å². The van der Waals surface area contributed by atoms with Crippen LogP contribution in [0.1, 0.15) is 39.5 Å². The quantitative estimate of drug-likeness (QED) is 0.507. The van der Waals surface area contributed by atoms with E-state index < -0.39 is 20.9 Å². The molecule has 0 atom stereocenters. The summed E-state index contributed by atoms with van der Waals surface area (Å²) >= 11 is -1.44. The molecule has 0 aliphatic carbocycles. The van der Waals surface area contributed by atoms with Gasteiger partial charge in [0.05, 0.1) is 0 Å². The second-order valence-corrected chi connectivity index (χ2v) is 5.49. The van der Waals surface area contributed by atoms with Crippen molar-refractivity contribution in [2.24, 2.45) is 0 Å². The summed E-state index contributed by atoms with van der Waals surface area (Å²) in [5, 5.41) is 0. The number of rotatable bonds is 8. The van der Waals surface area contributed by atoms with Crippen molar-refractivity contribution >= 4 is 29.0 Å². The zero-order valence-electron chi connectivity index (χ0n) is 9.28. The van der Waals surface area contributed by atoms with E-state index in [9.17, 15) is 9.59 Å². The second-order valence-electron chi connectivity index (χ2n) is 3.01. The molecule has 0 aromatic carbocycles. The average molecular weight is 330 g/mol. The van der Waals surface area contributed by atoms with E-state index >= 15 is 0 Å². The Morgan fingerprint density at radius 3 is 1.67 bits per heavy atom. The fraction of sp³-hybridized carbons (Fsp3) is 0.800. The Balaban J connectivity index is 3.45. The first kappa shape index (κ1) is 14.7. The van der Waals surface area contributed by atoms with Crippen molar-refractivity contribution in [1.82, 2.24) is 0 Å². The minimum absolute atomic E-state index is 0.365. The van der Waals surface area contributed by atoms with Crippen molar-refractivity contribution < 1.29 is 19.1 Å². The maximum absolute atomic E-state index is 11.1. The van der Waals surface area contributed by atoms with E-state index in [-0.39, 0.29) is 8.03 Å². The van der Waals surface area contributed by atoms with Crippen molar-refractivity contribution in [3.63, 3.8) is 0 Å². The van der Waals surface area contributed by atoms with Crippen molar-refractivity contribution in [3.05, 3.63) is 0 Å².